The highest BCUT2D eigenvalue weighted by Crippen LogP contribution is 2.39. The first-order chi connectivity index (χ1) is 19.0. The molecule has 4 heterocycles. The lowest BCUT2D eigenvalue weighted by molar-refractivity contribution is -0.111. The summed E-state index contributed by atoms with van der Waals surface area (Å²) in [5.74, 6) is 0.637. The third-order valence-electron chi connectivity index (χ3n) is 6.48. The molecule has 1 fully saturated rings. The quantitative estimate of drug-likeness (QED) is 0.245. The van der Waals surface area contributed by atoms with E-state index >= 15 is 0 Å². The van der Waals surface area contributed by atoms with E-state index < -0.39 is 0 Å². The SMILES string of the molecule is C=C/C=C\C(=O)Nc1cc(Nc2ncc(Cl)c(-c3cnn4ccccc34)n2)c(OC)cc1N1CCN(C)CC1. The van der Waals surface area contributed by atoms with Gasteiger partial charge in [-0.3, -0.25) is 4.79 Å². The normalized spacial score (nSPS) is 14.1. The Morgan fingerprint density at radius 1 is 1.15 bits per heavy atom. The average Bonchev–Trinajstić information content (AvgIpc) is 3.38. The highest BCUT2D eigenvalue weighted by Gasteiger charge is 2.21. The smallest absolute Gasteiger partial charge is 0.248 e. The van der Waals surface area contributed by atoms with Gasteiger partial charge in [0.15, 0.2) is 0 Å². The number of hydrogen-bond acceptors (Lipinski definition) is 8. The topological polar surface area (TPSA) is 99.9 Å². The maximum absolute atomic E-state index is 12.6. The van der Waals surface area contributed by atoms with Crippen molar-refractivity contribution < 1.29 is 9.53 Å². The second-order valence-corrected chi connectivity index (χ2v) is 9.46. The molecular weight excluding hydrogens is 516 g/mol. The highest BCUT2D eigenvalue weighted by molar-refractivity contribution is 6.33. The van der Waals surface area contributed by atoms with Gasteiger partial charge in [0, 0.05) is 50.1 Å². The third kappa shape index (κ3) is 5.71. The van der Waals surface area contributed by atoms with Gasteiger partial charge in [-0.05, 0) is 25.2 Å². The molecule has 11 heteroatoms. The predicted octanol–water partition coefficient (Wildman–Crippen LogP) is 4.63. The zero-order valence-electron chi connectivity index (χ0n) is 21.8. The van der Waals surface area contributed by atoms with Gasteiger partial charge in [-0.1, -0.05) is 36.4 Å². The van der Waals surface area contributed by atoms with Crippen LogP contribution in [0, 0.1) is 0 Å². The Labute approximate surface area is 231 Å². The van der Waals surface area contributed by atoms with Gasteiger partial charge < -0.3 is 25.2 Å². The van der Waals surface area contributed by atoms with Gasteiger partial charge in [-0.25, -0.2) is 14.5 Å². The molecule has 200 valence electrons. The van der Waals surface area contributed by atoms with Gasteiger partial charge in [0.1, 0.15) is 5.75 Å². The Morgan fingerprint density at radius 2 is 1.97 bits per heavy atom. The zero-order chi connectivity index (χ0) is 27.4. The summed E-state index contributed by atoms with van der Waals surface area (Å²) in [6, 6.07) is 9.53. The second kappa shape index (κ2) is 11.5. The van der Waals surface area contributed by atoms with E-state index in [4.69, 9.17) is 21.3 Å². The number of methoxy groups -OCH3 is 1. The maximum atomic E-state index is 12.6. The Hall–Kier alpha value is -4.41. The number of carbonyl (C=O) groups excluding carboxylic acids is 1. The van der Waals surface area contributed by atoms with E-state index in [1.54, 1.807) is 36.2 Å². The molecule has 0 unspecified atom stereocenters. The molecule has 5 rings (SSSR count). The van der Waals surface area contributed by atoms with E-state index in [1.165, 1.54) is 6.08 Å². The van der Waals surface area contributed by atoms with Crippen molar-refractivity contribution in [1.29, 1.82) is 0 Å². The fraction of sp³-hybridized carbons (Fsp3) is 0.214. The first-order valence-corrected chi connectivity index (χ1v) is 12.8. The van der Waals surface area contributed by atoms with Crippen molar-refractivity contribution in [2.45, 2.75) is 0 Å². The molecule has 0 atom stereocenters. The molecule has 0 bridgehead atoms. The van der Waals surface area contributed by atoms with Crippen LogP contribution in [0.1, 0.15) is 0 Å². The van der Waals surface area contributed by atoms with E-state index in [2.05, 4.69) is 44.1 Å². The number of aromatic nitrogens is 4. The van der Waals surface area contributed by atoms with Crippen molar-refractivity contribution in [2.24, 2.45) is 0 Å². The molecule has 1 saturated heterocycles. The highest BCUT2D eigenvalue weighted by atomic mass is 35.5. The molecule has 1 aliphatic heterocycles. The first kappa shape index (κ1) is 26.2. The summed E-state index contributed by atoms with van der Waals surface area (Å²) >= 11 is 6.51. The molecule has 1 aliphatic rings. The Morgan fingerprint density at radius 3 is 2.74 bits per heavy atom. The minimum absolute atomic E-state index is 0.264. The number of ether oxygens (including phenoxy) is 1. The minimum atomic E-state index is -0.264. The van der Waals surface area contributed by atoms with Gasteiger partial charge in [-0.15, -0.1) is 0 Å². The Bertz CT molecular complexity index is 1540. The first-order valence-electron chi connectivity index (χ1n) is 12.4. The fourth-order valence-electron chi connectivity index (χ4n) is 4.43. The van der Waals surface area contributed by atoms with Crippen LogP contribution in [0.15, 0.2) is 73.7 Å². The van der Waals surface area contributed by atoms with E-state index in [0.717, 1.165) is 42.9 Å². The number of piperazine rings is 1. The predicted molar refractivity (Wildman–Crippen MR) is 155 cm³/mol. The van der Waals surface area contributed by atoms with E-state index in [1.807, 2.05) is 36.5 Å². The van der Waals surface area contributed by atoms with Crippen molar-refractivity contribution in [2.75, 3.05) is 55.9 Å². The van der Waals surface area contributed by atoms with Gasteiger partial charge in [0.05, 0.1) is 52.8 Å². The molecule has 10 nitrogen and oxygen atoms in total. The van der Waals surface area contributed by atoms with Gasteiger partial charge >= 0.3 is 0 Å². The Kier molecular flexibility index (Phi) is 7.76. The summed E-state index contributed by atoms with van der Waals surface area (Å²) in [5.41, 5.74) is 4.30. The number of allylic oxidation sites excluding steroid dienone is 2. The van der Waals surface area contributed by atoms with Crippen molar-refractivity contribution in [3.63, 3.8) is 0 Å². The molecule has 3 aromatic heterocycles. The molecule has 0 aliphatic carbocycles. The minimum Gasteiger partial charge on any atom is -0.494 e. The number of nitrogens with zero attached hydrogens (tertiary/aromatic N) is 6. The fourth-order valence-corrected chi connectivity index (χ4v) is 4.62. The van der Waals surface area contributed by atoms with Crippen LogP contribution < -0.4 is 20.3 Å². The van der Waals surface area contributed by atoms with Gasteiger partial charge in [-0.2, -0.15) is 5.10 Å². The van der Waals surface area contributed by atoms with Crippen LogP contribution in [-0.4, -0.2) is 70.7 Å². The largest absolute Gasteiger partial charge is 0.494 e. The van der Waals surface area contributed by atoms with Crippen LogP contribution in [-0.2, 0) is 4.79 Å². The summed E-state index contributed by atoms with van der Waals surface area (Å²) in [7, 11) is 3.70. The van der Waals surface area contributed by atoms with Crippen LogP contribution in [0.2, 0.25) is 5.02 Å². The van der Waals surface area contributed by atoms with Crippen molar-refractivity contribution in [3.05, 3.63) is 78.8 Å². The second-order valence-electron chi connectivity index (χ2n) is 9.05. The molecule has 2 N–H and O–H groups in total. The number of carbonyl (C=O) groups is 1. The molecule has 1 aromatic carbocycles. The summed E-state index contributed by atoms with van der Waals surface area (Å²) < 4.78 is 7.51. The van der Waals surface area contributed by atoms with Crippen molar-refractivity contribution >= 4 is 46.0 Å². The van der Waals surface area contributed by atoms with Crippen molar-refractivity contribution in [3.8, 4) is 17.0 Å². The Balaban J connectivity index is 1.52. The summed E-state index contributed by atoms with van der Waals surface area (Å²) in [6.07, 6.45) is 9.72. The number of amides is 1. The number of hydrogen-bond donors (Lipinski definition) is 2. The summed E-state index contributed by atoms with van der Waals surface area (Å²) in [4.78, 5) is 26.2. The van der Waals surface area contributed by atoms with Crippen LogP contribution in [0.3, 0.4) is 0 Å². The van der Waals surface area contributed by atoms with E-state index in [-0.39, 0.29) is 5.91 Å². The molecule has 4 aromatic rings. The van der Waals surface area contributed by atoms with Gasteiger partial charge in [0.2, 0.25) is 11.9 Å². The number of halogens is 1. The van der Waals surface area contributed by atoms with Crippen LogP contribution in [0.5, 0.6) is 5.75 Å². The lowest BCUT2D eigenvalue weighted by atomic mass is 10.1. The molecule has 0 spiro atoms. The van der Waals surface area contributed by atoms with Crippen LogP contribution in [0.4, 0.5) is 23.0 Å². The number of nitrogens with one attached hydrogen (secondary N) is 2. The number of likely N-dealkylation sites (N-methyl/N-ethyl adjacent to an activating group) is 1. The number of fused-ring (bicyclic) bond motifs is 1. The van der Waals surface area contributed by atoms with Gasteiger partial charge in [0.25, 0.3) is 0 Å². The van der Waals surface area contributed by atoms with E-state index in [0.29, 0.717) is 33.8 Å². The third-order valence-corrected chi connectivity index (χ3v) is 6.75. The molecule has 1 amide bonds. The molecule has 0 radical (unpaired) electrons. The summed E-state index contributed by atoms with van der Waals surface area (Å²) in [6.45, 7) is 7.10. The maximum Gasteiger partial charge on any atom is 0.248 e. The lowest BCUT2D eigenvalue weighted by Gasteiger charge is -2.35. The molecule has 0 saturated carbocycles. The average molecular weight is 545 g/mol. The van der Waals surface area contributed by atoms with E-state index in [9.17, 15) is 4.79 Å². The van der Waals surface area contributed by atoms with Crippen LogP contribution >= 0.6 is 11.6 Å². The number of anilines is 4. The lowest BCUT2D eigenvalue weighted by Crippen LogP contribution is -2.44. The molecule has 39 heavy (non-hydrogen) atoms. The van der Waals surface area contributed by atoms with Crippen molar-refractivity contribution in [1.82, 2.24) is 24.5 Å². The number of benzene rings is 1. The monoisotopic (exact) mass is 544 g/mol. The van der Waals surface area contributed by atoms with Crippen LogP contribution in [0.25, 0.3) is 16.8 Å². The summed E-state index contributed by atoms with van der Waals surface area (Å²) in [5, 5.41) is 11.0. The standard InChI is InChI=1S/C28H29ClN8O2/c1-4-5-9-26(38)32-21-15-22(25(39-3)16-24(21)36-13-11-35(2)12-14-36)33-28-30-18-20(29)27(34-28)19-17-31-37-10-7-6-8-23(19)37/h4-10,15-18H,1,11-14H2,2-3H3,(H,32,38)(H,30,33,34)/b9-5-. The molecular formula is C28H29ClN8O2. The number of rotatable bonds is 8. The zero-order valence-corrected chi connectivity index (χ0v) is 22.5. The number of pyridine rings is 1.